The highest BCUT2D eigenvalue weighted by Crippen LogP contribution is 2.20. The SMILES string of the molecule is Cc1c2cccc(N)c2cc[n+]1C(N)=O.[Cl-]. The molecule has 0 spiro atoms. The minimum absolute atomic E-state index is 0. The highest BCUT2D eigenvalue weighted by molar-refractivity contribution is 5.93. The topological polar surface area (TPSA) is 73.0 Å². The fraction of sp³-hybridized carbons (Fsp3) is 0.0909. The zero-order valence-electron chi connectivity index (χ0n) is 8.77. The number of benzene rings is 1. The van der Waals surface area contributed by atoms with E-state index in [2.05, 4.69) is 0 Å². The molecule has 1 amide bonds. The van der Waals surface area contributed by atoms with Gasteiger partial charge in [-0.25, -0.2) is 0 Å². The molecule has 0 saturated carbocycles. The Balaban J connectivity index is 0.00000128. The van der Waals surface area contributed by atoms with Crippen LogP contribution in [0.1, 0.15) is 5.69 Å². The van der Waals surface area contributed by atoms with Gasteiger partial charge >= 0.3 is 6.03 Å². The van der Waals surface area contributed by atoms with Gasteiger partial charge in [-0.2, -0.15) is 9.36 Å². The van der Waals surface area contributed by atoms with Crippen LogP contribution in [-0.2, 0) is 0 Å². The number of nitrogens with two attached hydrogens (primary N) is 2. The van der Waals surface area contributed by atoms with Gasteiger partial charge in [-0.3, -0.25) is 5.73 Å². The molecule has 0 aliphatic rings. The number of carbonyl (C=O) groups excluding carboxylic acids is 1. The lowest BCUT2D eigenvalue weighted by molar-refractivity contribution is -0.575. The minimum Gasteiger partial charge on any atom is -1.00 e. The predicted molar refractivity (Wildman–Crippen MR) is 58.3 cm³/mol. The molecule has 0 radical (unpaired) electrons. The van der Waals surface area contributed by atoms with Crippen molar-refractivity contribution in [2.75, 3.05) is 5.73 Å². The summed E-state index contributed by atoms with van der Waals surface area (Å²) in [5.74, 6) is 0. The summed E-state index contributed by atoms with van der Waals surface area (Å²) < 4.78 is 1.40. The number of aryl methyl sites for hydroxylation is 1. The second kappa shape index (κ2) is 4.37. The standard InChI is InChI=1S/C11H11N3O.ClH/c1-7-8-3-2-4-10(12)9(8)5-6-14(7)11(13)15;/h2-6H,12H2,1H3,(H-,13,15);1H. The number of nitrogen functional groups attached to an aromatic ring is 1. The zero-order chi connectivity index (χ0) is 11.0. The van der Waals surface area contributed by atoms with Crippen LogP contribution in [0.25, 0.3) is 10.8 Å². The summed E-state index contributed by atoms with van der Waals surface area (Å²) in [6, 6.07) is 6.91. The van der Waals surface area contributed by atoms with Gasteiger partial charge in [0.25, 0.3) is 0 Å². The number of hydrogen-bond donors (Lipinski definition) is 2. The van der Waals surface area contributed by atoms with Crippen LogP contribution in [0.3, 0.4) is 0 Å². The van der Waals surface area contributed by atoms with Crippen molar-refractivity contribution < 1.29 is 21.8 Å². The van der Waals surface area contributed by atoms with Gasteiger partial charge in [0.15, 0.2) is 0 Å². The molecule has 0 unspecified atom stereocenters. The molecule has 0 aliphatic carbocycles. The molecule has 0 saturated heterocycles. The van der Waals surface area contributed by atoms with Crippen molar-refractivity contribution in [3.8, 4) is 0 Å². The summed E-state index contributed by atoms with van der Waals surface area (Å²) in [4.78, 5) is 11.1. The van der Waals surface area contributed by atoms with E-state index >= 15 is 0 Å². The van der Waals surface area contributed by atoms with Crippen molar-refractivity contribution in [3.05, 3.63) is 36.2 Å². The summed E-state index contributed by atoms with van der Waals surface area (Å²) in [6.45, 7) is 1.84. The molecule has 5 heteroatoms. The summed E-state index contributed by atoms with van der Waals surface area (Å²) >= 11 is 0. The van der Waals surface area contributed by atoms with Gasteiger partial charge in [0.2, 0.25) is 0 Å². The van der Waals surface area contributed by atoms with E-state index in [1.165, 1.54) is 4.57 Å². The Morgan fingerprint density at radius 1 is 1.25 bits per heavy atom. The largest absolute Gasteiger partial charge is 1.00 e. The molecule has 84 valence electrons. The first-order valence-corrected chi connectivity index (χ1v) is 4.60. The molecule has 4 nitrogen and oxygen atoms in total. The summed E-state index contributed by atoms with van der Waals surface area (Å²) in [5.41, 5.74) is 12.6. The molecule has 0 aliphatic heterocycles. The average molecular weight is 238 g/mol. The number of pyridine rings is 1. The number of aromatic nitrogens is 1. The number of rotatable bonds is 0. The lowest BCUT2D eigenvalue weighted by atomic mass is 10.1. The third kappa shape index (κ3) is 1.79. The molecule has 0 fully saturated rings. The van der Waals surface area contributed by atoms with E-state index in [4.69, 9.17) is 11.5 Å². The van der Waals surface area contributed by atoms with Crippen LogP contribution in [-0.4, -0.2) is 6.03 Å². The lowest BCUT2D eigenvalue weighted by Crippen LogP contribution is -3.00. The van der Waals surface area contributed by atoms with Crippen molar-refractivity contribution in [2.24, 2.45) is 5.73 Å². The monoisotopic (exact) mass is 237 g/mol. The fourth-order valence-electron chi connectivity index (χ4n) is 1.71. The van der Waals surface area contributed by atoms with Gasteiger partial charge in [0, 0.05) is 16.5 Å². The highest BCUT2D eigenvalue weighted by atomic mass is 35.5. The van der Waals surface area contributed by atoms with Crippen molar-refractivity contribution >= 4 is 22.5 Å². The maximum absolute atomic E-state index is 11.1. The van der Waals surface area contributed by atoms with Crippen LogP contribution in [0.4, 0.5) is 10.5 Å². The quantitative estimate of drug-likeness (QED) is 0.409. The van der Waals surface area contributed by atoms with E-state index in [0.29, 0.717) is 5.69 Å². The first kappa shape index (κ1) is 12.3. The van der Waals surface area contributed by atoms with Gasteiger partial charge in [0.1, 0.15) is 11.9 Å². The highest BCUT2D eigenvalue weighted by Gasteiger charge is 2.13. The van der Waals surface area contributed by atoms with E-state index in [-0.39, 0.29) is 12.4 Å². The first-order valence-electron chi connectivity index (χ1n) is 4.60. The van der Waals surface area contributed by atoms with Gasteiger partial charge in [-0.05, 0) is 19.1 Å². The van der Waals surface area contributed by atoms with E-state index in [0.717, 1.165) is 16.5 Å². The number of hydrogen-bond acceptors (Lipinski definition) is 2. The lowest BCUT2D eigenvalue weighted by Gasteiger charge is -2.05. The van der Waals surface area contributed by atoms with E-state index in [1.54, 1.807) is 12.3 Å². The van der Waals surface area contributed by atoms with Crippen LogP contribution in [0, 0.1) is 6.92 Å². The van der Waals surface area contributed by atoms with Crippen molar-refractivity contribution in [1.29, 1.82) is 0 Å². The molecule has 1 aromatic carbocycles. The number of carbonyl (C=O) groups is 1. The smallest absolute Gasteiger partial charge is 0.493 e. The number of nitrogens with zero attached hydrogens (tertiary/aromatic N) is 1. The van der Waals surface area contributed by atoms with Crippen LogP contribution < -0.4 is 28.4 Å². The fourth-order valence-corrected chi connectivity index (χ4v) is 1.71. The van der Waals surface area contributed by atoms with E-state index in [9.17, 15) is 4.79 Å². The second-order valence-electron chi connectivity index (χ2n) is 3.42. The molecule has 2 aromatic rings. The van der Waals surface area contributed by atoms with Gasteiger partial charge in [-0.15, -0.1) is 0 Å². The minimum atomic E-state index is -0.489. The molecule has 0 atom stereocenters. The molecule has 0 bridgehead atoms. The third-order valence-corrected chi connectivity index (χ3v) is 2.52. The number of amides is 1. The number of fused-ring (bicyclic) bond motifs is 1. The molecular weight excluding hydrogens is 226 g/mol. The van der Waals surface area contributed by atoms with Gasteiger partial charge in [-0.1, -0.05) is 12.1 Å². The van der Waals surface area contributed by atoms with Crippen molar-refractivity contribution in [2.45, 2.75) is 6.92 Å². The summed E-state index contributed by atoms with van der Waals surface area (Å²) in [5, 5.41) is 1.88. The normalized spacial score (nSPS) is 9.81. The zero-order valence-corrected chi connectivity index (χ0v) is 9.53. The Morgan fingerprint density at radius 2 is 1.94 bits per heavy atom. The predicted octanol–water partition coefficient (Wildman–Crippen LogP) is -2.05. The van der Waals surface area contributed by atoms with Crippen molar-refractivity contribution in [3.63, 3.8) is 0 Å². The van der Waals surface area contributed by atoms with Crippen molar-refractivity contribution in [1.82, 2.24) is 0 Å². The molecule has 16 heavy (non-hydrogen) atoms. The van der Waals surface area contributed by atoms with E-state index in [1.807, 2.05) is 25.1 Å². The average Bonchev–Trinajstić information content (AvgIpc) is 2.19. The van der Waals surface area contributed by atoms with Gasteiger partial charge < -0.3 is 18.1 Å². The Hall–Kier alpha value is -1.81. The maximum Gasteiger partial charge on any atom is 0.493 e. The van der Waals surface area contributed by atoms with Crippen LogP contribution >= 0.6 is 0 Å². The summed E-state index contributed by atoms with van der Waals surface area (Å²) in [6.07, 6.45) is 1.64. The molecule has 2 rings (SSSR count). The second-order valence-corrected chi connectivity index (χ2v) is 3.42. The maximum atomic E-state index is 11.1. The molecular formula is C11H12ClN3O. The first-order chi connectivity index (χ1) is 7.11. The Bertz CT molecular complexity index is 554. The van der Waals surface area contributed by atoms with Gasteiger partial charge in [0.05, 0.1) is 0 Å². The van der Waals surface area contributed by atoms with Crippen LogP contribution in [0.5, 0.6) is 0 Å². The molecule has 1 heterocycles. The Labute approximate surface area is 99.3 Å². The number of primary amides is 1. The third-order valence-electron chi connectivity index (χ3n) is 2.52. The molecule has 1 aromatic heterocycles. The molecule has 4 N–H and O–H groups in total. The Morgan fingerprint density at radius 3 is 2.56 bits per heavy atom. The van der Waals surface area contributed by atoms with E-state index < -0.39 is 6.03 Å². The Kier molecular flexibility index (Phi) is 3.34. The number of anilines is 1. The summed E-state index contributed by atoms with van der Waals surface area (Å²) in [7, 11) is 0. The van der Waals surface area contributed by atoms with Crippen LogP contribution in [0.2, 0.25) is 0 Å². The van der Waals surface area contributed by atoms with Crippen LogP contribution in [0.15, 0.2) is 30.5 Å². The number of halogens is 1.